The second-order valence-electron chi connectivity index (χ2n) is 6.57. The van der Waals surface area contributed by atoms with Crippen molar-refractivity contribution in [1.82, 2.24) is 19.9 Å². The van der Waals surface area contributed by atoms with Gasteiger partial charge in [-0.1, -0.05) is 0 Å². The van der Waals surface area contributed by atoms with Crippen molar-refractivity contribution in [3.63, 3.8) is 0 Å². The molecule has 0 spiro atoms. The summed E-state index contributed by atoms with van der Waals surface area (Å²) in [6, 6.07) is 8.38. The van der Waals surface area contributed by atoms with Gasteiger partial charge in [0.15, 0.2) is 0 Å². The van der Waals surface area contributed by atoms with Crippen molar-refractivity contribution in [2.75, 3.05) is 16.3 Å². The van der Waals surface area contributed by atoms with Gasteiger partial charge in [0.05, 0.1) is 10.6 Å². The lowest BCUT2D eigenvalue weighted by molar-refractivity contribution is 0.102. The number of thioether (sulfide) groups is 1. The Morgan fingerprint density at radius 3 is 2.32 bits per heavy atom. The van der Waals surface area contributed by atoms with Gasteiger partial charge in [0.25, 0.3) is 21.5 Å². The number of anilines is 2. The van der Waals surface area contributed by atoms with Crippen LogP contribution in [0, 0.1) is 13.8 Å². The lowest BCUT2D eigenvalue weighted by Crippen LogP contribution is -2.20. The number of carbonyl (C=O) groups excluding carboxylic acids is 1. The SMILES string of the molecule is CSCc1nc(C(=O)Nc2ccc(S(=O)(=O)Nc3nc(C)cc(C)n3)cc2)cc(=O)[nH]1. The van der Waals surface area contributed by atoms with Crippen molar-refractivity contribution in [1.29, 1.82) is 0 Å². The maximum absolute atomic E-state index is 12.6. The monoisotopic (exact) mass is 460 g/mol. The predicted molar refractivity (Wildman–Crippen MR) is 119 cm³/mol. The fourth-order valence-corrected chi connectivity index (χ4v) is 4.05. The first-order valence-corrected chi connectivity index (χ1v) is 11.9. The molecule has 3 aromatic rings. The van der Waals surface area contributed by atoms with E-state index < -0.39 is 21.5 Å². The number of nitrogens with one attached hydrogen (secondary N) is 3. The van der Waals surface area contributed by atoms with Crippen LogP contribution in [0.25, 0.3) is 0 Å². The molecule has 3 N–H and O–H groups in total. The van der Waals surface area contributed by atoms with Crippen LogP contribution in [0.15, 0.2) is 46.1 Å². The number of benzene rings is 1. The highest BCUT2D eigenvalue weighted by molar-refractivity contribution is 7.97. The molecule has 0 bridgehead atoms. The van der Waals surface area contributed by atoms with Gasteiger partial charge in [-0.2, -0.15) is 11.8 Å². The van der Waals surface area contributed by atoms with Crippen LogP contribution in [-0.2, 0) is 15.8 Å². The number of H-pyrrole nitrogens is 1. The van der Waals surface area contributed by atoms with Gasteiger partial charge in [-0.05, 0) is 50.4 Å². The number of hydrogen-bond donors (Lipinski definition) is 3. The Labute approximate surface area is 183 Å². The number of carbonyl (C=O) groups is 1. The lowest BCUT2D eigenvalue weighted by Gasteiger charge is -2.09. The molecule has 1 amide bonds. The third-order valence-corrected chi connectivity index (χ3v) is 5.84. The van der Waals surface area contributed by atoms with E-state index in [0.29, 0.717) is 28.7 Å². The van der Waals surface area contributed by atoms with Gasteiger partial charge in [0.1, 0.15) is 11.5 Å². The summed E-state index contributed by atoms with van der Waals surface area (Å²) in [6.45, 7) is 3.48. The van der Waals surface area contributed by atoms with E-state index in [4.69, 9.17) is 0 Å². The minimum Gasteiger partial charge on any atom is -0.321 e. The Morgan fingerprint density at radius 1 is 1.06 bits per heavy atom. The van der Waals surface area contributed by atoms with Crippen LogP contribution in [0.2, 0.25) is 0 Å². The van der Waals surface area contributed by atoms with Crippen molar-refractivity contribution >= 4 is 39.3 Å². The number of rotatable bonds is 7. The number of aromatic nitrogens is 4. The van der Waals surface area contributed by atoms with Gasteiger partial charge < -0.3 is 10.3 Å². The van der Waals surface area contributed by atoms with E-state index in [0.717, 1.165) is 6.07 Å². The number of sulfonamides is 1. The number of amides is 1. The number of nitrogens with zero attached hydrogens (tertiary/aromatic N) is 3. The fourth-order valence-electron chi connectivity index (χ4n) is 2.69. The number of hydrogen-bond acceptors (Lipinski definition) is 8. The van der Waals surface area contributed by atoms with Crippen molar-refractivity contribution in [2.45, 2.75) is 24.5 Å². The van der Waals surface area contributed by atoms with E-state index in [1.165, 1.54) is 36.0 Å². The first-order chi connectivity index (χ1) is 14.7. The summed E-state index contributed by atoms with van der Waals surface area (Å²) in [5.74, 6) is 0.258. The Balaban J connectivity index is 1.75. The highest BCUT2D eigenvalue weighted by Gasteiger charge is 2.17. The van der Waals surface area contributed by atoms with Gasteiger partial charge in [0, 0.05) is 23.1 Å². The summed E-state index contributed by atoms with van der Waals surface area (Å²) in [6.07, 6.45) is 1.85. The van der Waals surface area contributed by atoms with Crippen molar-refractivity contribution in [3.8, 4) is 0 Å². The molecule has 31 heavy (non-hydrogen) atoms. The van der Waals surface area contributed by atoms with Crippen LogP contribution in [0.5, 0.6) is 0 Å². The molecule has 2 aromatic heterocycles. The van der Waals surface area contributed by atoms with Crippen LogP contribution >= 0.6 is 11.8 Å². The van der Waals surface area contributed by atoms with Gasteiger partial charge in [-0.3, -0.25) is 9.59 Å². The molecule has 0 fully saturated rings. The predicted octanol–water partition coefficient (Wildman–Crippen LogP) is 2.09. The second kappa shape index (κ2) is 9.27. The Bertz CT molecular complexity index is 1250. The fraction of sp³-hybridized carbons (Fsp3) is 0.211. The van der Waals surface area contributed by atoms with Crippen molar-refractivity contribution in [2.24, 2.45) is 0 Å². The van der Waals surface area contributed by atoms with Crippen LogP contribution in [0.1, 0.15) is 27.7 Å². The molecule has 0 saturated heterocycles. The van der Waals surface area contributed by atoms with E-state index in [9.17, 15) is 18.0 Å². The minimum atomic E-state index is -3.91. The minimum absolute atomic E-state index is 0.0173. The molecule has 0 saturated carbocycles. The first-order valence-electron chi connectivity index (χ1n) is 9.02. The van der Waals surface area contributed by atoms with Crippen LogP contribution in [0.3, 0.4) is 0 Å². The van der Waals surface area contributed by atoms with E-state index >= 15 is 0 Å². The second-order valence-corrected chi connectivity index (χ2v) is 9.12. The zero-order chi connectivity index (χ0) is 22.6. The molecule has 2 heterocycles. The first kappa shape index (κ1) is 22.4. The third-order valence-electron chi connectivity index (χ3n) is 3.93. The van der Waals surface area contributed by atoms with Gasteiger partial charge in [0.2, 0.25) is 5.95 Å². The molecule has 12 heteroatoms. The summed E-state index contributed by atoms with van der Waals surface area (Å²) in [4.78, 5) is 39.0. The maximum atomic E-state index is 12.6. The molecule has 0 atom stereocenters. The third kappa shape index (κ3) is 5.89. The molecular formula is C19H20N6O4S2. The van der Waals surface area contributed by atoms with Crippen LogP contribution < -0.4 is 15.6 Å². The van der Waals surface area contributed by atoms with E-state index in [2.05, 4.69) is 30.0 Å². The molecular weight excluding hydrogens is 440 g/mol. The molecule has 10 nitrogen and oxygen atoms in total. The Hall–Kier alpha value is -3.25. The normalized spacial score (nSPS) is 11.2. The topological polar surface area (TPSA) is 147 Å². The average molecular weight is 461 g/mol. The molecule has 0 aliphatic rings. The summed E-state index contributed by atoms with van der Waals surface area (Å²) in [7, 11) is -3.91. The average Bonchev–Trinajstić information content (AvgIpc) is 2.67. The van der Waals surface area contributed by atoms with Crippen LogP contribution in [0.4, 0.5) is 11.6 Å². The van der Waals surface area contributed by atoms with E-state index in [1.54, 1.807) is 19.9 Å². The van der Waals surface area contributed by atoms with Crippen molar-refractivity contribution < 1.29 is 13.2 Å². The number of aromatic amines is 1. The van der Waals surface area contributed by atoms with E-state index in [1.807, 2.05) is 6.26 Å². The van der Waals surface area contributed by atoms with Gasteiger partial charge in [-0.15, -0.1) is 0 Å². The standard InChI is InChI=1S/C19H20N6O4S2/c1-11-8-12(2)21-19(20-11)25-31(28,29)14-6-4-13(5-7-14)22-18(27)15-9-17(26)24-16(23-15)10-30-3/h4-9H,10H2,1-3H3,(H,22,27)(H,20,21,25)(H,23,24,26). The molecule has 0 unspecified atom stereocenters. The molecule has 0 aliphatic carbocycles. The molecule has 0 aliphatic heterocycles. The molecule has 162 valence electrons. The summed E-state index contributed by atoms with van der Waals surface area (Å²) >= 11 is 1.46. The highest BCUT2D eigenvalue weighted by Crippen LogP contribution is 2.17. The zero-order valence-electron chi connectivity index (χ0n) is 17.0. The summed E-state index contributed by atoms with van der Waals surface area (Å²) in [5.41, 5.74) is 1.16. The Morgan fingerprint density at radius 2 is 1.71 bits per heavy atom. The van der Waals surface area contributed by atoms with E-state index in [-0.39, 0.29) is 16.5 Å². The Kier molecular flexibility index (Phi) is 6.71. The molecule has 0 radical (unpaired) electrons. The smallest absolute Gasteiger partial charge is 0.274 e. The highest BCUT2D eigenvalue weighted by atomic mass is 32.2. The lowest BCUT2D eigenvalue weighted by atomic mass is 10.3. The van der Waals surface area contributed by atoms with Crippen molar-refractivity contribution in [3.05, 3.63) is 69.7 Å². The molecule has 1 aromatic carbocycles. The van der Waals surface area contributed by atoms with Gasteiger partial charge >= 0.3 is 0 Å². The van der Waals surface area contributed by atoms with Gasteiger partial charge in [-0.25, -0.2) is 28.1 Å². The number of aryl methyl sites for hydroxylation is 2. The summed E-state index contributed by atoms with van der Waals surface area (Å²) in [5, 5.41) is 2.60. The maximum Gasteiger partial charge on any atom is 0.274 e. The largest absolute Gasteiger partial charge is 0.321 e. The quantitative estimate of drug-likeness (QED) is 0.486. The molecule has 3 rings (SSSR count). The summed E-state index contributed by atoms with van der Waals surface area (Å²) < 4.78 is 27.5. The zero-order valence-corrected chi connectivity index (χ0v) is 18.6. The van der Waals surface area contributed by atoms with Crippen LogP contribution in [-0.4, -0.2) is 40.5 Å².